The number of aromatic nitrogens is 2. The Kier molecular flexibility index (Phi) is 2.83. The highest BCUT2D eigenvalue weighted by molar-refractivity contribution is 7.99. The highest BCUT2D eigenvalue weighted by Crippen LogP contribution is 2.32. The van der Waals surface area contributed by atoms with Gasteiger partial charge in [-0.05, 0) is 24.6 Å². The highest BCUT2D eigenvalue weighted by atomic mass is 35.5. The van der Waals surface area contributed by atoms with Crippen molar-refractivity contribution in [3.05, 3.63) is 29.6 Å². The van der Waals surface area contributed by atoms with Crippen molar-refractivity contribution >= 4 is 29.1 Å². The van der Waals surface area contributed by atoms with Crippen LogP contribution < -0.4 is 5.73 Å². The molecular weight excluding hydrogens is 234 g/mol. The molecule has 0 bridgehead atoms. The Morgan fingerprint density at radius 1 is 1.53 bits per heavy atom. The summed E-state index contributed by atoms with van der Waals surface area (Å²) in [5.41, 5.74) is 6.23. The second-order valence-electron chi connectivity index (χ2n) is 2.84. The van der Waals surface area contributed by atoms with Crippen molar-refractivity contribution in [2.45, 2.75) is 16.8 Å². The molecule has 0 saturated carbocycles. The molecule has 0 atom stereocenters. The summed E-state index contributed by atoms with van der Waals surface area (Å²) in [5, 5.41) is 0.826. The van der Waals surface area contributed by atoms with Crippen LogP contribution in [0.3, 0.4) is 0 Å². The first kappa shape index (κ1) is 10.3. The third-order valence-corrected chi connectivity index (χ3v) is 3.11. The fourth-order valence-electron chi connectivity index (χ4n) is 1.02. The molecule has 78 valence electrons. The van der Waals surface area contributed by atoms with E-state index in [0.717, 1.165) is 10.7 Å². The number of anilines is 1. The highest BCUT2D eigenvalue weighted by Gasteiger charge is 2.09. The summed E-state index contributed by atoms with van der Waals surface area (Å²) >= 11 is 7.09. The molecule has 2 aromatic rings. The van der Waals surface area contributed by atoms with Crippen LogP contribution in [-0.2, 0) is 0 Å². The standard InChI is InChI=1S/C9H8ClN3OS/c1-5-7(2-3-14-5)15-8-6(11)4-12-9(10)13-8/h2-4H,11H2,1H3. The summed E-state index contributed by atoms with van der Waals surface area (Å²) in [4.78, 5) is 8.79. The van der Waals surface area contributed by atoms with Crippen molar-refractivity contribution < 1.29 is 4.42 Å². The second-order valence-corrected chi connectivity index (χ2v) is 4.21. The van der Waals surface area contributed by atoms with Crippen LogP contribution in [0.2, 0.25) is 5.28 Å². The molecule has 0 aromatic carbocycles. The summed E-state index contributed by atoms with van der Waals surface area (Å²) in [6.45, 7) is 1.88. The zero-order valence-electron chi connectivity index (χ0n) is 7.90. The number of aryl methyl sites for hydroxylation is 1. The summed E-state index contributed by atoms with van der Waals surface area (Å²) in [5.74, 6) is 0.828. The van der Waals surface area contributed by atoms with Crippen LogP contribution in [0, 0.1) is 6.92 Å². The molecule has 2 rings (SSSR count). The van der Waals surface area contributed by atoms with Gasteiger partial charge in [-0.25, -0.2) is 9.97 Å². The van der Waals surface area contributed by atoms with Gasteiger partial charge in [-0.1, -0.05) is 11.8 Å². The zero-order valence-corrected chi connectivity index (χ0v) is 9.47. The van der Waals surface area contributed by atoms with Gasteiger partial charge in [0.25, 0.3) is 0 Å². The van der Waals surface area contributed by atoms with E-state index in [4.69, 9.17) is 21.8 Å². The number of hydrogen-bond donors (Lipinski definition) is 1. The van der Waals surface area contributed by atoms with E-state index >= 15 is 0 Å². The zero-order chi connectivity index (χ0) is 10.8. The topological polar surface area (TPSA) is 64.9 Å². The minimum absolute atomic E-state index is 0.188. The molecule has 4 nitrogen and oxygen atoms in total. The minimum atomic E-state index is 0.188. The Labute approximate surface area is 95.9 Å². The summed E-state index contributed by atoms with van der Waals surface area (Å²) < 4.78 is 5.17. The first-order chi connectivity index (χ1) is 7.16. The van der Waals surface area contributed by atoms with Crippen LogP contribution in [-0.4, -0.2) is 9.97 Å². The van der Waals surface area contributed by atoms with Gasteiger partial charge in [0.15, 0.2) is 0 Å². The third kappa shape index (κ3) is 2.24. The van der Waals surface area contributed by atoms with Gasteiger partial charge in [0.2, 0.25) is 5.28 Å². The molecular formula is C9H8ClN3OS. The van der Waals surface area contributed by atoms with E-state index in [9.17, 15) is 0 Å². The van der Waals surface area contributed by atoms with Gasteiger partial charge in [0.05, 0.1) is 23.0 Å². The molecule has 0 aliphatic rings. The largest absolute Gasteiger partial charge is 0.468 e. The second kappa shape index (κ2) is 4.12. The monoisotopic (exact) mass is 241 g/mol. The average Bonchev–Trinajstić information content (AvgIpc) is 2.58. The quantitative estimate of drug-likeness (QED) is 0.647. The lowest BCUT2D eigenvalue weighted by atomic mass is 10.5. The van der Waals surface area contributed by atoms with Gasteiger partial charge in [-0.15, -0.1) is 0 Å². The van der Waals surface area contributed by atoms with Crippen LogP contribution in [0.1, 0.15) is 5.76 Å². The predicted octanol–water partition coefficient (Wildman–Crippen LogP) is 2.76. The van der Waals surface area contributed by atoms with Crippen molar-refractivity contribution in [3.63, 3.8) is 0 Å². The van der Waals surface area contributed by atoms with Crippen LogP contribution >= 0.6 is 23.4 Å². The molecule has 2 N–H and O–H groups in total. The van der Waals surface area contributed by atoms with Crippen LogP contribution in [0.5, 0.6) is 0 Å². The van der Waals surface area contributed by atoms with Gasteiger partial charge in [0, 0.05) is 0 Å². The summed E-state index contributed by atoms with van der Waals surface area (Å²) in [6.07, 6.45) is 3.11. The van der Waals surface area contributed by atoms with Crippen molar-refractivity contribution in [2.75, 3.05) is 5.73 Å². The lowest BCUT2D eigenvalue weighted by Gasteiger charge is -2.02. The number of rotatable bonds is 2. The van der Waals surface area contributed by atoms with Crippen molar-refractivity contribution in [1.29, 1.82) is 0 Å². The Bertz CT molecular complexity index is 486. The lowest BCUT2D eigenvalue weighted by Crippen LogP contribution is -1.94. The maximum atomic E-state index is 5.72. The number of nitrogen functional groups attached to an aromatic ring is 1. The van der Waals surface area contributed by atoms with Crippen molar-refractivity contribution in [3.8, 4) is 0 Å². The van der Waals surface area contributed by atoms with Crippen molar-refractivity contribution in [1.82, 2.24) is 9.97 Å². The molecule has 0 amide bonds. The Hall–Kier alpha value is -1.20. The molecule has 0 spiro atoms. The fourth-order valence-corrected chi connectivity index (χ4v) is 2.03. The van der Waals surface area contributed by atoms with E-state index < -0.39 is 0 Å². The van der Waals surface area contributed by atoms with Crippen LogP contribution in [0.15, 0.2) is 32.9 Å². The summed E-state index contributed by atoms with van der Waals surface area (Å²) in [6, 6.07) is 1.86. The molecule has 2 aromatic heterocycles. The predicted molar refractivity (Wildman–Crippen MR) is 59.0 cm³/mol. The van der Waals surface area contributed by atoms with Crippen LogP contribution in [0.25, 0.3) is 0 Å². The van der Waals surface area contributed by atoms with E-state index in [1.54, 1.807) is 6.26 Å². The van der Waals surface area contributed by atoms with Gasteiger partial charge < -0.3 is 10.2 Å². The van der Waals surface area contributed by atoms with Crippen LogP contribution in [0.4, 0.5) is 5.69 Å². The number of hydrogen-bond acceptors (Lipinski definition) is 5. The fraction of sp³-hybridized carbons (Fsp3) is 0.111. The van der Waals surface area contributed by atoms with Gasteiger partial charge in [-0.3, -0.25) is 0 Å². The SMILES string of the molecule is Cc1occc1Sc1nc(Cl)ncc1N. The number of nitrogens with zero attached hydrogens (tertiary/aromatic N) is 2. The molecule has 0 radical (unpaired) electrons. The molecule has 2 heterocycles. The third-order valence-electron chi connectivity index (χ3n) is 1.77. The lowest BCUT2D eigenvalue weighted by molar-refractivity contribution is 0.527. The number of halogens is 1. The first-order valence-corrected chi connectivity index (χ1v) is 5.36. The van der Waals surface area contributed by atoms with E-state index in [-0.39, 0.29) is 5.28 Å². The minimum Gasteiger partial charge on any atom is -0.468 e. The van der Waals surface area contributed by atoms with E-state index in [2.05, 4.69) is 9.97 Å². The number of furan rings is 1. The van der Waals surface area contributed by atoms with Gasteiger partial charge in [0.1, 0.15) is 10.8 Å². The average molecular weight is 242 g/mol. The maximum Gasteiger partial charge on any atom is 0.223 e. The Morgan fingerprint density at radius 2 is 2.33 bits per heavy atom. The molecule has 0 unspecified atom stereocenters. The maximum absolute atomic E-state index is 5.72. The molecule has 0 aliphatic carbocycles. The molecule has 0 fully saturated rings. The van der Waals surface area contributed by atoms with Crippen molar-refractivity contribution in [2.24, 2.45) is 0 Å². The van der Waals surface area contributed by atoms with E-state index in [1.165, 1.54) is 18.0 Å². The Morgan fingerprint density at radius 3 is 3.00 bits per heavy atom. The molecule has 6 heteroatoms. The molecule has 0 saturated heterocycles. The first-order valence-electron chi connectivity index (χ1n) is 4.17. The summed E-state index contributed by atoms with van der Waals surface area (Å²) in [7, 11) is 0. The van der Waals surface area contributed by atoms with E-state index in [1.807, 2.05) is 13.0 Å². The molecule has 0 aliphatic heterocycles. The molecule has 15 heavy (non-hydrogen) atoms. The van der Waals surface area contributed by atoms with E-state index in [0.29, 0.717) is 10.7 Å². The number of nitrogens with two attached hydrogens (primary N) is 1. The Balaban J connectivity index is 2.32. The normalized spacial score (nSPS) is 10.5. The van der Waals surface area contributed by atoms with Gasteiger partial charge in [-0.2, -0.15) is 0 Å². The van der Waals surface area contributed by atoms with Gasteiger partial charge >= 0.3 is 0 Å². The smallest absolute Gasteiger partial charge is 0.223 e.